The minimum absolute atomic E-state index is 0.239. The van der Waals surface area contributed by atoms with E-state index in [2.05, 4.69) is 20.1 Å². The van der Waals surface area contributed by atoms with Crippen LogP contribution in [0.2, 0.25) is 0 Å². The van der Waals surface area contributed by atoms with Gasteiger partial charge in [-0.25, -0.2) is 19.5 Å². The van der Waals surface area contributed by atoms with Gasteiger partial charge in [0.1, 0.15) is 6.33 Å². The molecule has 0 atom stereocenters. The third kappa shape index (κ3) is 1.83. The van der Waals surface area contributed by atoms with Crippen molar-refractivity contribution in [2.45, 2.75) is 0 Å². The number of nitrogens with two attached hydrogens (primary N) is 1. The average molecular weight is 292 g/mol. The van der Waals surface area contributed by atoms with E-state index in [1.807, 2.05) is 30.5 Å². The van der Waals surface area contributed by atoms with Crippen LogP contribution in [0.3, 0.4) is 0 Å². The molecule has 7 nitrogen and oxygen atoms in total. The van der Waals surface area contributed by atoms with Gasteiger partial charge in [0, 0.05) is 11.8 Å². The van der Waals surface area contributed by atoms with Gasteiger partial charge in [-0.3, -0.25) is 0 Å². The van der Waals surface area contributed by atoms with Crippen LogP contribution >= 0.6 is 0 Å². The molecule has 0 saturated carbocycles. The van der Waals surface area contributed by atoms with Crippen LogP contribution < -0.4 is 10.5 Å². The largest absolute Gasteiger partial charge is 0.480 e. The van der Waals surface area contributed by atoms with Crippen molar-refractivity contribution in [2.75, 3.05) is 12.8 Å². The quantitative estimate of drug-likeness (QED) is 0.607. The Labute approximate surface area is 125 Å². The van der Waals surface area contributed by atoms with Gasteiger partial charge in [-0.2, -0.15) is 0 Å². The number of ether oxygens (including phenoxy) is 1. The molecule has 0 spiro atoms. The molecular weight excluding hydrogens is 280 g/mol. The summed E-state index contributed by atoms with van der Waals surface area (Å²) in [5.41, 5.74) is 9.34. The molecular formula is C15H12N6O. The van der Waals surface area contributed by atoms with Gasteiger partial charge in [0.15, 0.2) is 0 Å². The average Bonchev–Trinajstić information content (AvgIpc) is 2.96. The van der Waals surface area contributed by atoms with Gasteiger partial charge in [-0.1, -0.05) is 6.07 Å². The van der Waals surface area contributed by atoms with E-state index in [4.69, 9.17) is 10.5 Å². The van der Waals surface area contributed by atoms with Crippen LogP contribution in [0.4, 0.5) is 5.95 Å². The number of rotatable bonds is 2. The van der Waals surface area contributed by atoms with E-state index in [0.717, 1.165) is 27.5 Å². The smallest absolute Gasteiger partial charge is 0.238 e. The van der Waals surface area contributed by atoms with E-state index < -0.39 is 0 Å². The second-order valence-electron chi connectivity index (χ2n) is 4.79. The van der Waals surface area contributed by atoms with Gasteiger partial charge in [0.05, 0.1) is 29.7 Å². The molecule has 7 heteroatoms. The van der Waals surface area contributed by atoms with E-state index in [0.29, 0.717) is 5.88 Å². The van der Waals surface area contributed by atoms with Gasteiger partial charge in [0.25, 0.3) is 0 Å². The first-order valence-corrected chi connectivity index (χ1v) is 6.65. The highest BCUT2D eigenvalue weighted by molar-refractivity contribution is 5.91. The van der Waals surface area contributed by atoms with Crippen LogP contribution in [0.15, 0.2) is 43.0 Å². The molecule has 3 aromatic heterocycles. The highest BCUT2D eigenvalue weighted by Gasteiger charge is 2.10. The maximum Gasteiger partial charge on any atom is 0.238 e. The Bertz CT molecular complexity index is 994. The number of aromatic nitrogens is 5. The highest BCUT2D eigenvalue weighted by Crippen LogP contribution is 2.30. The Kier molecular flexibility index (Phi) is 2.65. The molecule has 0 bridgehead atoms. The first kappa shape index (κ1) is 12.5. The lowest BCUT2D eigenvalue weighted by Gasteiger charge is -2.06. The predicted molar refractivity (Wildman–Crippen MR) is 82.5 cm³/mol. The first-order chi connectivity index (χ1) is 10.8. The Balaban J connectivity index is 1.96. The predicted octanol–water partition coefficient (Wildman–Crippen LogP) is 1.93. The van der Waals surface area contributed by atoms with Crippen molar-refractivity contribution in [2.24, 2.45) is 0 Å². The zero-order valence-electron chi connectivity index (χ0n) is 11.8. The summed E-state index contributed by atoms with van der Waals surface area (Å²) in [5.74, 6) is 0.791. The second-order valence-corrected chi connectivity index (χ2v) is 4.79. The van der Waals surface area contributed by atoms with Crippen LogP contribution in [0.1, 0.15) is 0 Å². The monoisotopic (exact) mass is 292 g/mol. The van der Waals surface area contributed by atoms with Crippen molar-refractivity contribution in [1.82, 2.24) is 24.6 Å². The summed E-state index contributed by atoms with van der Waals surface area (Å²) in [6.45, 7) is 0. The molecule has 3 heterocycles. The third-order valence-corrected chi connectivity index (χ3v) is 3.54. The van der Waals surface area contributed by atoms with Gasteiger partial charge in [-0.15, -0.1) is 5.10 Å². The van der Waals surface area contributed by atoms with Crippen molar-refractivity contribution in [3.63, 3.8) is 0 Å². The molecule has 1 aromatic carbocycles. The number of anilines is 1. The fourth-order valence-corrected chi connectivity index (χ4v) is 2.52. The maximum atomic E-state index is 5.61. The summed E-state index contributed by atoms with van der Waals surface area (Å²) < 4.78 is 7.01. The number of hydrogen-bond acceptors (Lipinski definition) is 6. The van der Waals surface area contributed by atoms with Crippen LogP contribution in [-0.2, 0) is 0 Å². The molecule has 0 aliphatic carbocycles. The zero-order valence-corrected chi connectivity index (χ0v) is 11.8. The molecule has 22 heavy (non-hydrogen) atoms. The normalized spacial score (nSPS) is 11.1. The summed E-state index contributed by atoms with van der Waals surface area (Å²) in [4.78, 5) is 12.4. The van der Waals surface area contributed by atoms with E-state index in [1.54, 1.807) is 17.8 Å². The number of hydrogen-bond donors (Lipinski definition) is 1. The van der Waals surface area contributed by atoms with E-state index in [-0.39, 0.29) is 5.95 Å². The molecule has 0 radical (unpaired) electrons. The molecule has 0 amide bonds. The van der Waals surface area contributed by atoms with Crippen molar-refractivity contribution in [3.8, 4) is 17.0 Å². The van der Waals surface area contributed by atoms with Crippen molar-refractivity contribution < 1.29 is 4.74 Å². The van der Waals surface area contributed by atoms with Gasteiger partial charge < -0.3 is 10.5 Å². The lowest BCUT2D eigenvalue weighted by molar-refractivity contribution is 0.402. The number of nitrogens with zero attached hydrogens (tertiary/aromatic N) is 5. The SMILES string of the molecule is COc1ncnc2ccc(-c3ccn4nc(N)ncc34)cc12. The molecule has 0 unspecified atom stereocenters. The number of methoxy groups -OCH3 is 1. The van der Waals surface area contributed by atoms with Crippen molar-refractivity contribution in [1.29, 1.82) is 0 Å². The van der Waals surface area contributed by atoms with Crippen molar-refractivity contribution >= 4 is 22.4 Å². The van der Waals surface area contributed by atoms with Crippen LogP contribution in [0, 0.1) is 0 Å². The van der Waals surface area contributed by atoms with Crippen LogP contribution in [0.5, 0.6) is 5.88 Å². The molecule has 0 fully saturated rings. The zero-order chi connectivity index (χ0) is 15.1. The lowest BCUT2D eigenvalue weighted by Crippen LogP contribution is -1.99. The summed E-state index contributed by atoms with van der Waals surface area (Å²) in [6, 6.07) is 7.91. The maximum absolute atomic E-state index is 5.61. The Morgan fingerprint density at radius 1 is 1.14 bits per heavy atom. The fourth-order valence-electron chi connectivity index (χ4n) is 2.52. The molecule has 0 saturated heterocycles. The fraction of sp³-hybridized carbons (Fsp3) is 0.0667. The summed E-state index contributed by atoms with van der Waals surface area (Å²) in [6.07, 6.45) is 5.05. The molecule has 108 valence electrons. The molecule has 0 aliphatic rings. The van der Waals surface area contributed by atoms with Gasteiger partial charge in [-0.05, 0) is 23.8 Å². The second kappa shape index (κ2) is 4.66. The van der Waals surface area contributed by atoms with E-state index in [1.165, 1.54) is 6.33 Å². The lowest BCUT2D eigenvalue weighted by atomic mass is 10.1. The molecule has 2 N–H and O–H groups in total. The van der Waals surface area contributed by atoms with Crippen LogP contribution in [-0.4, -0.2) is 31.7 Å². The standard InChI is InChI=1S/C15H12N6O/c1-22-14-11-6-9(2-3-12(11)18-8-19-14)10-4-5-21-13(10)7-17-15(16)20-21/h2-8H,1H3,(H2,16,20). The number of benzene rings is 1. The van der Waals surface area contributed by atoms with Gasteiger partial charge in [0.2, 0.25) is 11.8 Å². The third-order valence-electron chi connectivity index (χ3n) is 3.54. The van der Waals surface area contributed by atoms with Crippen LogP contribution in [0.25, 0.3) is 27.5 Å². The summed E-state index contributed by atoms with van der Waals surface area (Å²) in [5, 5.41) is 5.01. The Morgan fingerprint density at radius 3 is 2.91 bits per heavy atom. The summed E-state index contributed by atoms with van der Waals surface area (Å²) in [7, 11) is 1.60. The topological polar surface area (TPSA) is 91.2 Å². The summed E-state index contributed by atoms with van der Waals surface area (Å²) >= 11 is 0. The van der Waals surface area contributed by atoms with E-state index >= 15 is 0 Å². The number of nitrogen functional groups attached to an aromatic ring is 1. The molecule has 4 aromatic rings. The Morgan fingerprint density at radius 2 is 2.05 bits per heavy atom. The van der Waals surface area contributed by atoms with E-state index in [9.17, 15) is 0 Å². The molecule has 4 rings (SSSR count). The first-order valence-electron chi connectivity index (χ1n) is 6.65. The number of fused-ring (bicyclic) bond motifs is 2. The minimum atomic E-state index is 0.239. The highest BCUT2D eigenvalue weighted by atomic mass is 16.5. The van der Waals surface area contributed by atoms with Gasteiger partial charge >= 0.3 is 0 Å². The Hall–Kier alpha value is -3.22. The van der Waals surface area contributed by atoms with Crippen molar-refractivity contribution in [3.05, 3.63) is 43.0 Å². The minimum Gasteiger partial charge on any atom is -0.480 e. The molecule has 0 aliphatic heterocycles.